The molecule has 2 aromatic rings. The molecule has 6 heteroatoms. The van der Waals surface area contributed by atoms with Crippen molar-refractivity contribution in [3.8, 4) is 23.2 Å². The number of rotatable bonds is 2. The van der Waals surface area contributed by atoms with Crippen LogP contribution in [0.2, 0.25) is 0 Å². The smallest absolute Gasteiger partial charge is 0.165 e. The Morgan fingerprint density at radius 2 is 2.11 bits per heavy atom. The van der Waals surface area contributed by atoms with Gasteiger partial charge in [0.1, 0.15) is 17.6 Å². The van der Waals surface area contributed by atoms with Gasteiger partial charge in [-0.2, -0.15) is 5.26 Å². The molecule has 18 heavy (non-hydrogen) atoms. The summed E-state index contributed by atoms with van der Waals surface area (Å²) in [6.07, 6.45) is 0. The fourth-order valence-electron chi connectivity index (χ4n) is 1.46. The van der Waals surface area contributed by atoms with E-state index in [1.165, 1.54) is 25.3 Å². The van der Waals surface area contributed by atoms with Crippen molar-refractivity contribution < 1.29 is 9.13 Å². The van der Waals surface area contributed by atoms with E-state index in [9.17, 15) is 4.39 Å². The summed E-state index contributed by atoms with van der Waals surface area (Å²) < 4.78 is 18.4. The zero-order chi connectivity index (χ0) is 13.1. The van der Waals surface area contributed by atoms with Crippen LogP contribution in [0, 0.1) is 17.1 Å². The van der Waals surface area contributed by atoms with E-state index in [0.29, 0.717) is 5.56 Å². The SMILES string of the molecule is COc1ccc(-c2nc(N)cc(C#N)n2)cc1F. The van der Waals surface area contributed by atoms with Gasteiger partial charge in [0, 0.05) is 11.6 Å². The Kier molecular flexibility index (Phi) is 3.06. The Balaban J connectivity index is 2.52. The number of hydrogen-bond donors (Lipinski definition) is 1. The first-order chi connectivity index (χ1) is 8.63. The van der Waals surface area contributed by atoms with Gasteiger partial charge in [0.2, 0.25) is 0 Å². The number of nitrogens with zero attached hydrogens (tertiary/aromatic N) is 3. The van der Waals surface area contributed by atoms with Crippen molar-refractivity contribution in [1.82, 2.24) is 9.97 Å². The van der Waals surface area contributed by atoms with Crippen molar-refractivity contribution in [2.45, 2.75) is 0 Å². The predicted octanol–water partition coefficient (Wildman–Crippen LogP) is 1.75. The van der Waals surface area contributed by atoms with E-state index in [-0.39, 0.29) is 23.1 Å². The van der Waals surface area contributed by atoms with E-state index in [2.05, 4.69) is 9.97 Å². The summed E-state index contributed by atoms with van der Waals surface area (Å²) in [6.45, 7) is 0. The molecule has 0 unspecified atom stereocenters. The molecule has 1 aromatic heterocycles. The third kappa shape index (κ3) is 2.20. The highest BCUT2D eigenvalue weighted by Crippen LogP contribution is 2.23. The quantitative estimate of drug-likeness (QED) is 0.869. The minimum Gasteiger partial charge on any atom is -0.494 e. The minimum atomic E-state index is -0.528. The lowest BCUT2D eigenvalue weighted by Crippen LogP contribution is -1.98. The average molecular weight is 244 g/mol. The van der Waals surface area contributed by atoms with Gasteiger partial charge in [0.05, 0.1) is 7.11 Å². The highest BCUT2D eigenvalue weighted by atomic mass is 19.1. The monoisotopic (exact) mass is 244 g/mol. The van der Waals surface area contributed by atoms with E-state index < -0.39 is 5.82 Å². The second kappa shape index (κ2) is 4.67. The fraction of sp³-hybridized carbons (Fsp3) is 0.0833. The maximum absolute atomic E-state index is 13.5. The standard InChI is InChI=1S/C12H9FN4O/c1-18-10-3-2-7(4-9(10)13)12-16-8(6-14)5-11(15)17-12/h2-5H,1H3,(H2,15,16,17). The summed E-state index contributed by atoms with van der Waals surface area (Å²) in [6, 6.07) is 7.50. The van der Waals surface area contributed by atoms with Gasteiger partial charge in [-0.1, -0.05) is 0 Å². The minimum absolute atomic E-state index is 0.128. The number of nitrogens with two attached hydrogens (primary N) is 1. The molecule has 0 aliphatic carbocycles. The van der Waals surface area contributed by atoms with Gasteiger partial charge in [0.15, 0.2) is 17.4 Å². The van der Waals surface area contributed by atoms with Gasteiger partial charge in [-0.05, 0) is 18.2 Å². The number of methoxy groups -OCH3 is 1. The van der Waals surface area contributed by atoms with E-state index in [4.69, 9.17) is 15.7 Å². The number of nitrogen functional groups attached to an aromatic ring is 1. The second-order valence-corrected chi connectivity index (χ2v) is 3.46. The Hall–Kier alpha value is -2.68. The van der Waals surface area contributed by atoms with Gasteiger partial charge in [-0.25, -0.2) is 14.4 Å². The van der Waals surface area contributed by atoms with Crippen LogP contribution in [-0.4, -0.2) is 17.1 Å². The fourth-order valence-corrected chi connectivity index (χ4v) is 1.46. The van der Waals surface area contributed by atoms with Crippen LogP contribution in [0.5, 0.6) is 5.75 Å². The second-order valence-electron chi connectivity index (χ2n) is 3.46. The maximum atomic E-state index is 13.5. The predicted molar refractivity (Wildman–Crippen MR) is 63.1 cm³/mol. The zero-order valence-corrected chi connectivity index (χ0v) is 9.51. The molecule has 1 heterocycles. The van der Waals surface area contributed by atoms with Gasteiger partial charge in [-0.15, -0.1) is 0 Å². The van der Waals surface area contributed by atoms with Crippen LogP contribution in [-0.2, 0) is 0 Å². The van der Waals surface area contributed by atoms with Gasteiger partial charge < -0.3 is 10.5 Å². The maximum Gasteiger partial charge on any atom is 0.165 e. The summed E-state index contributed by atoms with van der Waals surface area (Å²) in [5.41, 5.74) is 6.11. The number of halogens is 1. The number of nitriles is 1. The third-order valence-corrected chi connectivity index (χ3v) is 2.27. The number of aromatic nitrogens is 2. The summed E-state index contributed by atoms with van der Waals surface area (Å²) in [7, 11) is 1.38. The molecule has 0 aliphatic rings. The normalized spacial score (nSPS) is 9.83. The van der Waals surface area contributed by atoms with Gasteiger partial charge >= 0.3 is 0 Å². The molecule has 0 radical (unpaired) electrons. The average Bonchev–Trinajstić information content (AvgIpc) is 2.37. The van der Waals surface area contributed by atoms with E-state index in [0.717, 1.165) is 0 Å². The molecular formula is C12H9FN4O. The molecule has 0 aliphatic heterocycles. The highest BCUT2D eigenvalue weighted by Gasteiger charge is 2.09. The Labute approximate surface area is 103 Å². The van der Waals surface area contributed by atoms with E-state index >= 15 is 0 Å². The number of benzene rings is 1. The molecule has 0 spiro atoms. The van der Waals surface area contributed by atoms with Crippen LogP contribution in [0.15, 0.2) is 24.3 Å². The largest absolute Gasteiger partial charge is 0.494 e. The first-order valence-corrected chi connectivity index (χ1v) is 5.02. The van der Waals surface area contributed by atoms with Gasteiger partial charge in [-0.3, -0.25) is 0 Å². The first kappa shape index (κ1) is 11.8. The summed E-state index contributed by atoms with van der Waals surface area (Å²) in [4.78, 5) is 7.92. The molecule has 1 aromatic carbocycles. The molecule has 0 amide bonds. The van der Waals surface area contributed by atoms with E-state index in [1.807, 2.05) is 6.07 Å². The molecule has 2 N–H and O–H groups in total. The Morgan fingerprint density at radius 1 is 1.33 bits per heavy atom. The lowest BCUT2D eigenvalue weighted by molar-refractivity contribution is 0.386. The molecule has 0 saturated heterocycles. The molecule has 2 rings (SSSR count). The number of ether oxygens (including phenoxy) is 1. The molecule has 0 bridgehead atoms. The van der Waals surface area contributed by atoms with Crippen LogP contribution < -0.4 is 10.5 Å². The van der Waals surface area contributed by atoms with Crippen molar-refractivity contribution in [2.24, 2.45) is 0 Å². The molecule has 0 atom stereocenters. The van der Waals surface area contributed by atoms with Crippen molar-refractivity contribution in [3.63, 3.8) is 0 Å². The van der Waals surface area contributed by atoms with Crippen LogP contribution in [0.3, 0.4) is 0 Å². The van der Waals surface area contributed by atoms with Crippen LogP contribution in [0.25, 0.3) is 11.4 Å². The molecule has 5 nitrogen and oxygen atoms in total. The lowest BCUT2D eigenvalue weighted by Gasteiger charge is -2.05. The topological polar surface area (TPSA) is 84.8 Å². The first-order valence-electron chi connectivity index (χ1n) is 5.02. The number of hydrogen-bond acceptors (Lipinski definition) is 5. The van der Waals surface area contributed by atoms with Crippen molar-refractivity contribution in [3.05, 3.63) is 35.8 Å². The third-order valence-electron chi connectivity index (χ3n) is 2.27. The summed E-state index contributed by atoms with van der Waals surface area (Å²) in [5, 5.41) is 8.78. The van der Waals surface area contributed by atoms with E-state index in [1.54, 1.807) is 6.07 Å². The Bertz CT molecular complexity index is 636. The van der Waals surface area contributed by atoms with Gasteiger partial charge in [0.25, 0.3) is 0 Å². The van der Waals surface area contributed by atoms with Crippen LogP contribution in [0.4, 0.5) is 10.2 Å². The molecule has 0 fully saturated rings. The number of anilines is 1. The van der Waals surface area contributed by atoms with Crippen LogP contribution in [0.1, 0.15) is 5.69 Å². The summed E-state index contributed by atoms with van der Waals surface area (Å²) >= 11 is 0. The molecule has 0 saturated carbocycles. The Morgan fingerprint density at radius 3 is 2.72 bits per heavy atom. The highest BCUT2D eigenvalue weighted by molar-refractivity contribution is 5.59. The van der Waals surface area contributed by atoms with Crippen molar-refractivity contribution in [1.29, 1.82) is 5.26 Å². The van der Waals surface area contributed by atoms with Crippen molar-refractivity contribution >= 4 is 5.82 Å². The summed E-state index contributed by atoms with van der Waals surface area (Å²) in [5.74, 6) is -0.0384. The molecular weight excluding hydrogens is 235 g/mol. The van der Waals surface area contributed by atoms with Crippen molar-refractivity contribution in [2.75, 3.05) is 12.8 Å². The zero-order valence-electron chi connectivity index (χ0n) is 9.51. The lowest BCUT2D eigenvalue weighted by atomic mass is 10.2. The molecule has 90 valence electrons. The van der Waals surface area contributed by atoms with Crippen LogP contribution >= 0.6 is 0 Å².